The smallest absolute Gasteiger partial charge is 0.318 e. The first kappa shape index (κ1) is 18.6. The summed E-state index contributed by atoms with van der Waals surface area (Å²) in [5.41, 5.74) is 0.901. The van der Waals surface area contributed by atoms with Crippen molar-refractivity contribution in [3.05, 3.63) is 35.1 Å². The zero-order chi connectivity index (χ0) is 17.2. The summed E-state index contributed by atoms with van der Waals surface area (Å²) in [7, 11) is 1.99. The summed E-state index contributed by atoms with van der Waals surface area (Å²) in [4.78, 5) is 16.2. The Kier molecular flexibility index (Phi) is 6.00. The van der Waals surface area contributed by atoms with Crippen molar-refractivity contribution in [2.24, 2.45) is 0 Å². The molecule has 1 heterocycles. The number of carbonyl (C=O) groups excluding carboxylic acids is 1. The highest BCUT2D eigenvalue weighted by Crippen LogP contribution is 2.40. The van der Waals surface area contributed by atoms with Gasteiger partial charge >= 0.3 is 6.03 Å². The molecule has 0 radical (unpaired) electrons. The highest BCUT2D eigenvalue weighted by Gasteiger charge is 2.36. The predicted molar refractivity (Wildman–Crippen MR) is 91.8 cm³/mol. The Balaban J connectivity index is 2.16. The number of urea groups is 1. The van der Waals surface area contributed by atoms with Crippen molar-refractivity contribution in [3.63, 3.8) is 0 Å². The highest BCUT2D eigenvalue weighted by atomic mass is 35.6. The van der Waals surface area contributed by atoms with E-state index in [2.05, 4.69) is 10.2 Å². The van der Waals surface area contributed by atoms with E-state index in [0.29, 0.717) is 24.2 Å². The molecule has 128 valence electrons. The number of alkyl halides is 3. The summed E-state index contributed by atoms with van der Waals surface area (Å²) in [5, 5.41) is 2.71. The van der Waals surface area contributed by atoms with E-state index in [9.17, 15) is 9.18 Å². The van der Waals surface area contributed by atoms with E-state index in [1.165, 1.54) is 6.07 Å². The zero-order valence-corrected chi connectivity index (χ0v) is 15.2. The molecule has 0 saturated carbocycles. The van der Waals surface area contributed by atoms with E-state index in [-0.39, 0.29) is 6.03 Å². The molecule has 4 nitrogen and oxygen atoms in total. The number of nitrogens with one attached hydrogen (secondary N) is 1. The van der Waals surface area contributed by atoms with Gasteiger partial charge in [0, 0.05) is 26.2 Å². The number of hydrogen-bond acceptors (Lipinski definition) is 2. The molecule has 1 aromatic rings. The molecule has 8 heteroatoms. The van der Waals surface area contributed by atoms with Crippen LogP contribution in [0.1, 0.15) is 17.2 Å². The molecule has 0 aromatic heterocycles. The number of nitrogens with zero attached hydrogens (tertiary/aromatic N) is 2. The molecule has 1 aliphatic rings. The molecule has 0 bridgehead atoms. The number of rotatable bonds is 2. The molecule has 1 aliphatic heterocycles. The number of carbonyl (C=O) groups is 1. The lowest BCUT2D eigenvalue weighted by Gasteiger charge is -2.35. The Morgan fingerprint density at radius 3 is 2.39 bits per heavy atom. The topological polar surface area (TPSA) is 35.6 Å². The number of aryl methyl sites for hydroxylation is 1. The Bertz CT molecular complexity index is 572. The molecule has 1 N–H and O–H groups in total. The maximum absolute atomic E-state index is 13.8. The van der Waals surface area contributed by atoms with Gasteiger partial charge in [0.15, 0.2) is 0 Å². The minimum absolute atomic E-state index is 0.324. The number of benzene rings is 1. The number of halogens is 4. The van der Waals surface area contributed by atoms with E-state index in [1.807, 2.05) is 7.05 Å². The normalized spacial score (nSPS) is 17.9. The Morgan fingerprint density at radius 2 is 1.87 bits per heavy atom. The van der Waals surface area contributed by atoms with Crippen LogP contribution in [0.25, 0.3) is 0 Å². The van der Waals surface area contributed by atoms with Gasteiger partial charge in [-0.05, 0) is 31.2 Å². The van der Waals surface area contributed by atoms with Gasteiger partial charge in [-0.3, -0.25) is 0 Å². The summed E-state index contributed by atoms with van der Waals surface area (Å²) in [6.45, 7) is 4.40. The van der Waals surface area contributed by atoms with Crippen LogP contribution in [0.4, 0.5) is 9.18 Å². The van der Waals surface area contributed by atoms with Gasteiger partial charge in [0.1, 0.15) is 11.9 Å². The van der Waals surface area contributed by atoms with Crippen LogP contribution in [0.5, 0.6) is 0 Å². The van der Waals surface area contributed by atoms with Gasteiger partial charge in [0.25, 0.3) is 0 Å². The van der Waals surface area contributed by atoms with Crippen LogP contribution >= 0.6 is 34.8 Å². The fourth-order valence-corrected chi connectivity index (χ4v) is 2.91. The molecule has 0 spiro atoms. The Hall–Kier alpha value is -0.750. The average molecular weight is 383 g/mol. The van der Waals surface area contributed by atoms with Crippen LogP contribution in [-0.2, 0) is 0 Å². The number of piperazine rings is 1. The maximum Gasteiger partial charge on any atom is 0.318 e. The lowest BCUT2D eigenvalue weighted by atomic mass is 10.1. The van der Waals surface area contributed by atoms with Gasteiger partial charge in [-0.25, -0.2) is 9.18 Å². The molecule has 23 heavy (non-hydrogen) atoms. The predicted octanol–water partition coefficient (Wildman–Crippen LogP) is 3.50. The summed E-state index contributed by atoms with van der Waals surface area (Å²) in [6, 6.07) is 3.27. The van der Waals surface area contributed by atoms with Crippen LogP contribution in [-0.4, -0.2) is 52.9 Å². The van der Waals surface area contributed by atoms with Crippen LogP contribution in [0.3, 0.4) is 0 Å². The van der Waals surface area contributed by atoms with Crippen LogP contribution < -0.4 is 5.32 Å². The van der Waals surface area contributed by atoms with Gasteiger partial charge in [0.2, 0.25) is 3.79 Å². The first-order valence-corrected chi connectivity index (χ1v) is 8.38. The van der Waals surface area contributed by atoms with E-state index in [1.54, 1.807) is 24.0 Å². The fraction of sp³-hybridized carbons (Fsp3) is 0.533. The fourth-order valence-electron chi connectivity index (χ4n) is 2.37. The Morgan fingerprint density at radius 1 is 1.26 bits per heavy atom. The van der Waals surface area contributed by atoms with Crippen molar-refractivity contribution in [3.8, 4) is 0 Å². The third-order valence-electron chi connectivity index (χ3n) is 3.91. The van der Waals surface area contributed by atoms with Gasteiger partial charge < -0.3 is 15.1 Å². The molecular formula is C15H19Cl3FN3O. The van der Waals surface area contributed by atoms with Gasteiger partial charge in [-0.1, -0.05) is 46.9 Å². The molecule has 0 aliphatic carbocycles. The molecule has 1 saturated heterocycles. The van der Waals surface area contributed by atoms with E-state index in [4.69, 9.17) is 34.8 Å². The van der Waals surface area contributed by atoms with Crippen LogP contribution in [0.2, 0.25) is 0 Å². The third kappa shape index (κ3) is 4.86. The lowest BCUT2D eigenvalue weighted by Crippen LogP contribution is -2.52. The van der Waals surface area contributed by atoms with Crippen molar-refractivity contribution in [2.45, 2.75) is 16.8 Å². The van der Waals surface area contributed by atoms with Crippen molar-refractivity contribution in [2.75, 3.05) is 33.2 Å². The monoisotopic (exact) mass is 381 g/mol. The van der Waals surface area contributed by atoms with E-state index in [0.717, 1.165) is 13.1 Å². The molecule has 2 amide bonds. The van der Waals surface area contributed by atoms with Gasteiger partial charge in [-0.15, -0.1) is 0 Å². The van der Waals surface area contributed by atoms with E-state index < -0.39 is 15.7 Å². The second kappa shape index (κ2) is 7.43. The summed E-state index contributed by atoms with van der Waals surface area (Å²) in [6.07, 6.45) is 0. The van der Waals surface area contributed by atoms with Crippen LogP contribution in [0, 0.1) is 12.7 Å². The summed E-state index contributed by atoms with van der Waals surface area (Å²) < 4.78 is 12.0. The summed E-state index contributed by atoms with van der Waals surface area (Å²) >= 11 is 18.0. The SMILES string of the molecule is Cc1ccc(C(NC(=O)N2CCN(C)CC2)C(Cl)(Cl)Cl)cc1F. The largest absolute Gasteiger partial charge is 0.327 e. The lowest BCUT2D eigenvalue weighted by molar-refractivity contribution is 0.151. The Labute approximate surface area is 150 Å². The number of likely N-dealkylation sites (N-methyl/N-ethyl adjacent to an activating group) is 1. The molecular weight excluding hydrogens is 364 g/mol. The molecule has 2 rings (SSSR count). The van der Waals surface area contributed by atoms with E-state index >= 15 is 0 Å². The maximum atomic E-state index is 13.8. The molecule has 1 atom stereocenters. The third-order valence-corrected chi connectivity index (χ3v) is 4.57. The standard InChI is InChI=1S/C15H19Cl3FN3O/c1-10-3-4-11(9-12(10)19)13(15(16,17)18)20-14(23)22-7-5-21(2)6-8-22/h3-4,9,13H,5-8H2,1-2H3,(H,20,23). The molecule has 1 fully saturated rings. The molecule has 1 aromatic carbocycles. The van der Waals surface area contributed by atoms with Crippen LogP contribution in [0.15, 0.2) is 18.2 Å². The van der Waals surface area contributed by atoms with Gasteiger partial charge in [0.05, 0.1) is 0 Å². The number of hydrogen-bond donors (Lipinski definition) is 1. The minimum atomic E-state index is -1.79. The minimum Gasteiger partial charge on any atom is -0.327 e. The van der Waals surface area contributed by atoms with Crippen molar-refractivity contribution in [1.29, 1.82) is 0 Å². The average Bonchev–Trinajstić information content (AvgIpc) is 2.47. The van der Waals surface area contributed by atoms with Crippen molar-refractivity contribution in [1.82, 2.24) is 15.1 Å². The second-order valence-corrected chi connectivity index (χ2v) is 8.09. The highest BCUT2D eigenvalue weighted by molar-refractivity contribution is 6.68. The van der Waals surface area contributed by atoms with Crippen molar-refractivity contribution >= 4 is 40.8 Å². The quantitative estimate of drug-likeness (QED) is 0.795. The first-order chi connectivity index (χ1) is 10.7. The second-order valence-electron chi connectivity index (χ2n) is 5.72. The zero-order valence-electron chi connectivity index (χ0n) is 13.0. The number of amides is 2. The van der Waals surface area contributed by atoms with Gasteiger partial charge in [-0.2, -0.15) is 0 Å². The van der Waals surface area contributed by atoms with Crippen molar-refractivity contribution < 1.29 is 9.18 Å². The summed E-state index contributed by atoms with van der Waals surface area (Å²) in [5.74, 6) is -0.407. The first-order valence-electron chi connectivity index (χ1n) is 7.25. The molecule has 1 unspecified atom stereocenters.